The van der Waals surface area contributed by atoms with Gasteiger partial charge in [-0.3, -0.25) is 4.79 Å². The van der Waals surface area contributed by atoms with Crippen LogP contribution in [-0.4, -0.2) is 70.4 Å². The zero-order valence-corrected chi connectivity index (χ0v) is 12.7. The van der Waals surface area contributed by atoms with Crippen LogP contribution < -0.4 is 0 Å². The quantitative estimate of drug-likeness (QED) is 0.428. The fourth-order valence-electron chi connectivity index (χ4n) is 1.87. The Labute approximate surface area is 127 Å². The minimum atomic E-state index is -0.857. The molecule has 0 saturated carbocycles. The summed E-state index contributed by atoms with van der Waals surface area (Å²) in [7, 11) is 2.72. The zero-order valence-electron chi connectivity index (χ0n) is 12.7. The van der Waals surface area contributed by atoms with Crippen LogP contribution in [0.2, 0.25) is 0 Å². The number of ether oxygens (including phenoxy) is 6. The molecule has 1 aliphatic rings. The average molecular weight is 320 g/mol. The molecular formula is C13H20O9. The van der Waals surface area contributed by atoms with Crippen molar-refractivity contribution in [3.8, 4) is 0 Å². The summed E-state index contributed by atoms with van der Waals surface area (Å²) in [6, 6.07) is 0. The lowest BCUT2D eigenvalue weighted by atomic mass is 10.2. The summed E-state index contributed by atoms with van der Waals surface area (Å²) in [4.78, 5) is 33.7. The second-order valence-electron chi connectivity index (χ2n) is 4.53. The van der Waals surface area contributed by atoms with Crippen LogP contribution in [0.5, 0.6) is 0 Å². The van der Waals surface area contributed by atoms with Crippen LogP contribution in [0.15, 0.2) is 0 Å². The van der Waals surface area contributed by atoms with Crippen LogP contribution in [0.4, 0.5) is 0 Å². The van der Waals surface area contributed by atoms with Crippen LogP contribution in [0.3, 0.4) is 0 Å². The van der Waals surface area contributed by atoms with E-state index >= 15 is 0 Å². The monoisotopic (exact) mass is 320 g/mol. The van der Waals surface area contributed by atoms with Gasteiger partial charge >= 0.3 is 17.9 Å². The molecular weight excluding hydrogens is 300 g/mol. The molecule has 0 N–H and O–H groups in total. The number of carbonyl (C=O) groups is 3. The van der Waals surface area contributed by atoms with Gasteiger partial charge in [-0.2, -0.15) is 0 Å². The molecule has 1 fully saturated rings. The molecule has 0 aromatic rings. The Morgan fingerprint density at radius 3 is 2.27 bits per heavy atom. The van der Waals surface area contributed by atoms with Crippen molar-refractivity contribution in [3.05, 3.63) is 0 Å². The molecule has 0 aromatic heterocycles. The van der Waals surface area contributed by atoms with Crippen molar-refractivity contribution in [1.29, 1.82) is 0 Å². The van der Waals surface area contributed by atoms with Crippen molar-refractivity contribution in [2.45, 2.75) is 31.8 Å². The molecule has 126 valence electrons. The van der Waals surface area contributed by atoms with E-state index in [0.29, 0.717) is 0 Å². The highest BCUT2D eigenvalue weighted by Gasteiger charge is 2.40. The van der Waals surface area contributed by atoms with Crippen LogP contribution in [0.1, 0.15) is 13.3 Å². The first-order valence-electron chi connectivity index (χ1n) is 6.62. The molecule has 22 heavy (non-hydrogen) atoms. The first-order chi connectivity index (χ1) is 10.5. The van der Waals surface area contributed by atoms with E-state index in [2.05, 4.69) is 9.47 Å². The molecule has 0 aromatic carbocycles. The van der Waals surface area contributed by atoms with E-state index in [1.165, 1.54) is 21.1 Å². The largest absolute Gasteiger partial charge is 0.461 e. The second-order valence-corrected chi connectivity index (χ2v) is 4.53. The lowest BCUT2D eigenvalue weighted by molar-refractivity contribution is -0.181. The summed E-state index contributed by atoms with van der Waals surface area (Å²) >= 11 is 0. The Morgan fingerprint density at radius 2 is 1.68 bits per heavy atom. The van der Waals surface area contributed by atoms with Crippen molar-refractivity contribution in [1.82, 2.24) is 0 Å². The fourth-order valence-corrected chi connectivity index (χ4v) is 1.87. The topological polar surface area (TPSA) is 107 Å². The lowest BCUT2D eigenvalue weighted by Crippen LogP contribution is -2.33. The molecule has 0 bridgehead atoms. The Bertz CT molecular complexity index is 395. The van der Waals surface area contributed by atoms with Crippen molar-refractivity contribution in [3.63, 3.8) is 0 Å². The fraction of sp³-hybridized carbons (Fsp3) is 0.769. The number of rotatable bonds is 8. The molecule has 1 rings (SSSR count). The summed E-state index contributed by atoms with van der Waals surface area (Å²) in [5, 5.41) is 0. The van der Waals surface area contributed by atoms with E-state index in [9.17, 15) is 14.4 Å². The van der Waals surface area contributed by atoms with Crippen LogP contribution >= 0.6 is 0 Å². The first-order valence-corrected chi connectivity index (χ1v) is 6.62. The number of esters is 3. The number of carbonyl (C=O) groups excluding carboxylic acids is 3. The van der Waals surface area contributed by atoms with Crippen molar-refractivity contribution in [2.24, 2.45) is 0 Å². The van der Waals surface area contributed by atoms with Crippen molar-refractivity contribution in [2.75, 3.05) is 34.0 Å². The number of methoxy groups -OCH3 is 2. The predicted octanol–water partition coefficient (Wildman–Crippen LogP) is -0.588. The number of hydrogen-bond donors (Lipinski definition) is 0. The van der Waals surface area contributed by atoms with Gasteiger partial charge in [0.15, 0.2) is 0 Å². The smallest absolute Gasteiger partial charge is 0.332 e. The Hall–Kier alpha value is -1.71. The lowest BCUT2D eigenvalue weighted by Gasteiger charge is -2.18. The highest BCUT2D eigenvalue weighted by atomic mass is 16.7. The maximum Gasteiger partial charge on any atom is 0.332 e. The second kappa shape index (κ2) is 9.34. The molecule has 9 heteroatoms. The van der Waals surface area contributed by atoms with Gasteiger partial charge < -0.3 is 28.4 Å². The first kappa shape index (κ1) is 18.3. The maximum absolute atomic E-state index is 11.5. The molecule has 0 spiro atoms. The molecule has 0 amide bonds. The SMILES string of the molecule is COCC(=O)OC[C@H]1O[C@@H](OC(C)=O)C[C@H]1OC(=O)COC. The van der Waals surface area contributed by atoms with Gasteiger partial charge in [0.2, 0.25) is 6.29 Å². The zero-order chi connectivity index (χ0) is 16.5. The van der Waals surface area contributed by atoms with Crippen LogP contribution in [0.25, 0.3) is 0 Å². The Kier molecular flexibility index (Phi) is 7.78. The summed E-state index contributed by atoms with van der Waals surface area (Å²) in [5.41, 5.74) is 0. The van der Waals surface area contributed by atoms with Crippen molar-refractivity contribution >= 4 is 17.9 Å². The normalized spacial score (nSPS) is 23.9. The molecule has 1 saturated heterocycles. The molecule has 0 unspecified atom stereocenters. The van der Waals surface area contributed by atoms with E-state index < -0.39 is 36.4 Å². The summed E-state index contributed by atoms with van der Waals surface area (Å²) in [6.45, 7) is 0.672. The minimum absolute atomic E-state index is 0.148. The molecule has 1 heterocycles. The summed E-state index contributed by atoms with van der Waals surface area (Å²) in [6.07, 6.45) is -2.14. The Morgan fingerprint density at radius 1 is 1.05 bits per heavy atom. The van der Waals surface area contributed by atoms with Crippen LogP contribution in [0, 0.1) is 0 Å². The van der Waals surface area contributed by atoms with Gasteiger partial charge in [-0.1, -0.05) is 0 Å². The number of hydrogen-bond acceptors (Lipinski definition) is 9. The third-order valence-corrected chi connectivity index (χ3v) is 2.68. The van der Waals surface area contributed by atoms with E-state index in [0.717, 1.165) is 0 Å². The molecule has 0 aliphatic carbocycles. The highest BCUT2D eigenvalue weighted by molar-refractivity contribution is 5.71. The summed E-state index contributed by atoms with van der Waals surface area (Å²) in [5.74, 6) is -1.69. The standard InChI is InChI=1S/C13H20O9/c1-8(14)20-13-4-9(21-12(16)7-18-3)10(22-13)5-19-11(15)6-17-2/h9-10,13H,4-7H2,1-3H3/t9-,10-,13-/m1/s1. The van der Waals surface area contributed by atoms with Crippen LogP contribution in [-0.2, 0) is 42.8 Å². The van der Waals surface area contributed by atoms with Gasteiger partial charge in [0.1, 0.15) is 32.0 Å². The van der Waals surface area contributed by atoms with E-state index in [-0.39, 0.29) is 26.2 Å². The molecule has 0 radical (unpaired) electrons. The third kappa shape index (κ3) is 6.37. The Balaban J connectivity index is 2.56. The minimum Gasteiger partial charge on any atom is -0.461 e. The maximum atomic E-state index is 11.5. The van der Waals surface area contributed by atoms with Gasteiger partial charge in [-0.25, -0.2) is 9.59 Å². The summed E-state index contributed by atoms with van der Waals surface area (Å²) < 4.78 is 29.7. The van der Waals surface area contributed by atoms with Gasteiger partial charge in [0.25, 0.3) is 0 Å². The molecule has 1 aliphatic heterocycles. The average Bonchev–Trinajstić information content (AvgIpc) is 2.78. The predicted molar refractivity (Wildman–Crippen MR) is 69.6 cm³/mol. The third-order valence-electron chi connectivity index (χ3n) is 2.68. The van der Waals surface area contributed by atoms with E-state index in [1.807, 2.05) is 0 Å². The van der Waals surface area contributed by atoms with Gasteiger partial charge in [-0.15, -0.1) is 0 Å². The van der Waals surface area contributed by atoms with Gasteiger partial charge in [0.05, 0.1) is 6.42 Å². The highest BCUT2D eigenvalue weighted by Crippen LogP contribution is 2.25. The van der Waals surface area contributed by atoms with Gasteiger partial charge in [0, 0.05) is 21.1 Å². The van der Waals surface area contributed by atoms with Crippen molar-refractivity contribution < 1.29 is 42.8 Å². The van der Waals surface area contributed by atoms with E-state index in [4.69, 9.17) is 18.9 Å². The van der Waals surface area contributed by atoms with Gasteiger partial charge in [-0.05, 0) is 0 Å². The molecule has 3 atom stereocenters. The molecule has 9 nitrogen and oxygen atoms in total. The van der Waals surface area contributed by atoms with E-state index in [1.54, 1.807) is 0 Å².